The van der Waals surface area contributed by atoms with Crippen molar-refractivity contribution in [2.75, 3.05) is 40.6 Å². The Morgan fingerprint density at radius 1 is 1.05 bits per heavy atom. The van der Waals surface area contributed by atoms with E-state index in [2.05, 4.69) is 61.6 Å². The van der Waals surface area contributed by atoms with Gasteiger partial charge < -0.3 is 20.7 Å². The Kier molecular flexibility index (Phi) is 6.83. The molecular weight excluding hydrogens is 612 g/mol. The molecule has 0 unspecified atom stereocenters. The fourth-order valence-electron chi connectivity index (χ4n) is 4.71. The maximum atomic E-state index is 12.2. The van der Waals surface area contributed by atoms with E-state index < -0.39 is 10.0 Å². The summed E-state index contributed by atoms with van der Waals surface area (Å²) in [6.45, 7) is 0.775. The maximum Gasteiger partial charge on any atom is 0.229 e. The smallest absolute Gasteiger partial charge is 0.229 e. The summed E-state index contributed by atoms with van der Waals surface area (Å²) in [5.41, 5.74) is 6.40. The lowest BCUT2D eigenvalue weighted by atomic mass is 10.0. The lowest BCUT2D eigenvalue weighted by molar-refractivity contribution is 0.417. The van der Waals surface area contributed by atoms with Crippen LogP contribution in [0, 0.1) is 0 Å². The van der Waals surface area contributed by atoms with Crippen molar-refractivity contribution in [1.29, 1.82) is 0 Å². The maximum absolute atomic E-state index is 12.2. The molecule has 0 aliphatic carbocycles. The molecule has 0 amide bonds. The summed E-state index contributed by atoms with van der Waals surface area (Å²) in [5.74, 6) is 1.30. The third-order valence-electron chi connectivity index (χ3n) is 6.54. The zero-order valence-electron chi connectivity index (χ0n) is 22.2. The van der Waals surface area contributed by atoms with Crippen molar-refractivity contribution in [2.24, 2.45) is 7.05 Å². The van der Waals surface area contributed by atoms with Crippen LogP contribution >= 0.6 is 15.9 Å². The third kappa shape index (κ3) is 5.32. The highest BCUT2D eigenvalue weighted by atomic mass is 79.9. The van der Waals surface area contributed by atoms with Crippen molar-refractivity contribution in [1.82, 2.24) is 29.7 Å². The Morgan fingerprint density at radius 3 is 2.68 bits per heavy atom. The van der Waals surface area contributed by atoms with Gasteiger partial charge in [-0.05, 0) is 34.1 Å². The van der Waals surface area contributed by atoms with Gasteiger partial charge in [-0.1, -0.05) is 0 Å². The number of hydrogen-bond acceptors (Lipinski definition) is 11. The fourth-order valence-corrected chi connectivity index (χ4v) is 5.58. The molecule has 1 aliphatic rings. The average Bonchev–Trinajstić information content (AvgIpc) is 3.20. The number of fused-ring (bicyclic) bond motifs is 4. The van der Waals surface area contributed by atoms with Gasteiger partial charge in [0.1, 0.15) is 17.1 Å². The summed E-state index contributed by atoms with van der Waals surface area (Å²) in [7, 11) is -0.0749. The van der Waals surface area contributed by atoms with E-state index in [0.29, 0.717) is 44.4 Å². The minimum absolute atomic E-state index is 0.255. The molecule has 3 aromatic heterocycles. The first kappa shape index (κ1) is 26.7. The van der Waals surface area contributed by atoms with Crippen LogP contribution in [0.3, 0.4) is 0 Å². The molecule has 6 rings (SSSR count). The van der Waals surface area contributed by atoms with Crippen LogP contribution in [0.4, 0.5) is 34.5 Å². The lowest BCUT2D eigenvalue weighted by Crippen LogP contribution is -2.12. The normalized spacial score (nSPS) is 12.6. The van der Waals surface area contributed by atoms with Crippen LogP contribution < -0.4 is 25.4 Å². The second kappa shape index (κ2) is 10.5. The number of nitrogens with zero attached hydrogens (tertiary/aromatic N) is 6. The highest BCUT2D eigenvalue weighted by molar-refractivity contribution is 9.10. The Bertz CT molecular complexity index is 1910. The van der Waals surface area contributed by atoms with Gasteiger partial charge in [-0.15, -0.1) is 0 Å². The van der Waals surface area contributed by atoms with Crippen molar-refractivity contribution in [2.45, 2.75) is 6.42 Å². The minimum atomic E-state index is -3.62. The molecule has 0 fully saturated rings. The molecule has 0 spiro atoms. The molecule has 5 aromatic rings. The van der Waals surface area contributed by atoms with Crippen LogP contribution in [0.5, 0.6) is 5.75 Å². The second-order valence-corrected chi connectivity index (χ2v) is 11.9. The van der Waals surface area contributed by atoms with Gasteiger partial charge in [0, 0.05) is 67.2 Å². The Hall–Kier alpha value is -4.50. The van der Waals surface area contributed by atoms with Gasteiger partial charge in [0.15, 0.2) is 0 Å². The largest absolute Gasteiger partial charge is 0.494 e. The summed E-state index contributed by atoms with van der Waals surface area (Å²) >= 11 is 3.49. The molecule has 0 atom stereocenters. The molecule has 0 bridgehead atoms. The molecule has 13 nitrogen and oxygen atoms in total. The lowest BCUT2D eigenvalue weighted by Gasteiger charge is -2.17. The van der Waals surface area contributed by atoms with Gasteiger partial charge in [-0.3, -0.25) is 19.4 Å². The van der Waals surface area contributed by atoms with Gasteiger partial charge in [-0.2, -0.15) is 10.1 Å². The summed E-state index contributed by atoms with van der Waals surface area (Å²) in [6.07, 6.45) is 8.42. The van der Waals surface area contributed by atoms with Crippen LogP contribution in [0.25, 0.3) is 22.2 Å². The Labute approximate surface area is 244 Å². The second-order valence-electron chi connectivity index (χ2n) is 9.33. The SMILES string of the molecule is COc1cc2c(cc1Nc1ncc(Br)c(Nc3ccc4nccnc4c3NS(C)(=O)=O)n1)-c1cnn(C)c1CCN2. The summed E-state index contributed by atoms with van der Waals surface area (Å²) in [6, 6.07) is 7.38. The van der Waals surface area contributed by atoms with Crippen LogP contribution in [0.15, 0.2) is 53.5 Å². The van der Waals surface area contributed by atoms with E-state index in [4.69, 9.17) is 4.74 Å². The van der Waals surface area contributed by atoms with Gasteiger partial charge in [-0.25, -0.2) is 13.4 Å². The van der Waals surface area contributed by atoms with Gasteiger partial charge in [0.05, 0.1) is 46.6 Å². The van der Waals surface area contributed by atoms with Crippen LogP contribution in [-0.2, 0) is 23.5 Å². The molecule has 4 heterocycles. The number of rotatable bonds is 7. The number of anilines is 6. The first-order valence-corrected chi connectivity index (χ1v) is 15.1. The zero-order chi connectivity index (χ0) is 28.7. The number of halogens is 1. The van der Waals surface area contributed by atoms with Crippen molar-refractivity contribution < 1.29 is 13.2 Å². The van der Waals surface area contributed by atoms with E-state index in [-0.39, 0.29) is 5.69 Å². The molecule has 1 aliphatic heterocycles. The topological polar surface area (TPSA) is 161 Å². The van der Waals surface area contributed by atoms with Gasteiger partial charge >= 0.3 is 0 Å². The Morgan fingerprint density at radius 2 is 1.88 bits per heavy atom. The van der Waals surface area contributed by atoms with Crippen molar-refractivity contribution in [3.63, 3.8) is 0 Å². The van der Waals surface area contributed by atoms with Crippen molar-refractivity contribution in [3.8, 4) is 16.9 Å². The van der Waals surface area contributed by atoms with E-state index in [9.17, 15) is 8.42 Å². The molecule has 15 heteroatoms. The molecule has 0 saturated heterocycles. The minimum Gasteiger partial charge on any atom is -0.494 e. The summed E-state index contributed by atoms with van der Waals surface area (Å²) in [4.78, 5) is 17.7. The molecule has 4 N–H and O–H groups in total. The number of aryl methyl sites for hydroxylation is 1. The monoisotopic (exact) mass is 636 g/mol. The Balaban J connectivity index is 1.37. The van der Waals surface area contributed by atoms with Gasteiger partial charge in [0.25, 0.3) is 0 Å². The molecule has 0 radical (unpaired) electrons. The van der Waals surface area contributed by atoms with Crippen LogP contribution in [-0.4, -0.2) is 58.0 Å². The predicted molar refractivity (Wildman–Crippen MR) is 162 cm³/mol. The quantitative estimate of drug-likeness (QED) is 0.200. The van der Waals surface area contributed by atoms with Crippen LogP contribution in [0.1, 0.15) is 5.69 Å². The average molecular weight is 638 g/mol. The number of benzene rings is 2. The number of methoxy groups -OCH3 is 1. The first-order chi connectivity index (χ1) is 19.7. The predicted octanol–water partition coefficient (Wildman–Crippen LogP) is 4.42. The highest BCUT2D eigenvalue weighted by Crippen LogP contribution is 2.41. The molecule has 41 heavy (non-hydrogen) atoms. The molecule has 0 saturated carbocycles. The summed E-state index contributed by atoms with van der Waals surface area (Å²) in [5, 5.41) is 14.4. The van der Waals surface area contributed by atoms with E-state index in [1.54, 1.807) is 31.6 Å². The number of sulfonamides is 1. The van der Waals surface area contributed by atoms with Crippen molar-refractivity contribution in [3.05, 3.63) is 59.2 Å². The standard InChI is InChI=1S/C26H25BrN10O3S/c1-37-21-6-7-28-19-11-22(40-2)20(10-14(19)15(21)12-32-37)34-26-31-13-16(27)25(35-26)33-18-5-4-17-23(30-9-8-29-17)24(18)36-41(3,38)39/h4-5,8-13,28,36H,6-7H2,1-3H3,(H2,31,33,34,35). The number of nitrogens with one attached hydrogen (secondary N) is 4. The van der Waals surface area contributed by atoms with E-state index in [1.807, 2.05) is 30.1 Å². The first-order valence-electron chi connectivity index (χ1n) is 12.5. The fraction of sp³-hybridized carbons (Fsp3) is 0.192. The summed E-state index contributed by atoms with van der Waals surface area (Å²) < 4.78 is 35.1. The molecule has 2 aromatic carbocycles. The van der Waals surface area contributed by atoms with Crippen molar-refractivity contribution >= 4 is 71.5 Å². The van der Waals surface area contributed by atoms with E-state index in [0.717, 1.165) is 41.7 Å². The van der Waals surface area contributed by atoms with E-state index in [1.165, 1.54) is 6.20 Å². The van der Waals surface area contributed by atoms with Crippen LogP contribution in [0.2, 0.25) is 0 Å². The molecular formula is C26H25BrN10O3S. The third-order valence-corrected chi connectivity index (χ3v) is 7.70. The zero-order valence-corrected chi connectivity index (χ0v) is 24.6. The highest BCUT2D eigenvalue weighted by Gasteiger charge is 2.21. The number of ether oxygens (including phenoxy) is 1. The number of aromatic nitrogens is 6. The van der Waals surface area contributed by atoms with Gasteiger partial charge in [0.2, 0.25) is 16.0 Å². The molecule has 210 valence electrons. The van der Waals surface area contributed by atoms with E-state index >= 15 is 0 Å². The number of hydrogen-bond donors (Lipinski definition) is 4.